The van der Waals surface area contributed by atoms with E-state index in [-0.39, 0.29) is 11.3 Å². The molecule has 0 aliphatic carbocycles. The molecule has 0 bridgehead atoms. The topological polar surface area (TPSA) is 111 Å². The summed E-state index contributed by atoms with van der Waals surface area (Å²) in [7, 11) is 1.90. The fourth-order valence-corrected chi connectivity index (χ4v) is 5.21. The van der Waals surface area contributed by atoms with Crippen molar-refractivity contribution in [3.05, 3.63) is 66.0 Å². The molecule has 1 amide bonds. The first-order chi connectivity index (χ1) is 17.2. The molecule has 0 radical (unpaired) electrons. The molecular formula is C28H27N7O. The number of benzene rings is 3. The van der Waals surface area contributed by atoms with Crippen molar-refractivity contribution in [2.75, 3.05) is 16.4 Å². The molecule has 2 aromatic heterocycles. The molecule has 3 heterocycles. The first kappa shape index (κ1) is 22.0. The lowest BCUT2D eigenvalue weighted by molar-refractivity contribution is -0.117. The Morgan fingerprint density at radius 3 is 2.72 bits per heavy atom. The number of rotatable bonds is 3. The van der Waals surface area contributed by atoms with Crippen LogP contribution in [0.2, 0.25) is 0 Å². The van der Waals surface area contributed by atoms with Crippen molar-refractivity contribution in [1.82, 2.24) is 19.7 Å². The number of carbonyl (C=O) groups is 1. The number of nitrogens with zero attached hydrogens (tertiary/aromatic N) is 4. The van der Waals surface area contributed by atoms with Crippen LogP contribution in [0.15, 0.2) is 54.9 Å². The summed E-state index contributed by atoms with van der Waals surface area (Å²) in [6, 6.07) is 16.5. The lowest BCUT2D eigenvalue weighted by atomic mass is 9.78. The minimum Gasteiger partial charge on any atom is -0.382 e. The van der Waals surface area contributed by atoms with Crippen molar-refractivity contribution < 1.29 is 4.79 Å². The van der Waals surface area contributed by atoms with E-state index in [1.54, 1.807) is 11.0 Å². The molecule has 0 unspecified atom stereocenters. The number of carbonyl (C=O) groups excluding carboxylic acids is 1. The molecule has 0 spiro atoms. The van der Waals surface area contributed by atoms with Crippen LogP contribution in [-0.2, 0) is 17.3 Å². The number of hydrogen-bond donors (Lipinski definition) is 3. The molecule has 0 saturated heterocycles. The molecular weight excluding hydrogens is 450 g/mol. The number of aromatic nitrogens is 4. The number of hydrogen-bond acceptors (Lipinski definition) is 6. The summed E-state index contributed by atoms with van der Waals surface area (Å²) in [5, 5.41) is 12.6. The molecule has 1 aliphatic heterocycles. The van der Waals surface area contributed by atoms with E-state index in [1.165, 1.54) is 0 Å². The molecule has 3 aromatic carbocycles. The number of aryl methyl sites for hydroxylation is 2. The Labute approximate surface area is 208 Å². The van der Waals surface area contributed by atoms with Crippen LogP contribution in [0.1, 0.15) is 31.4 Å². The van der Waals surface area contributed by atoms with Crippen molar-refractivity contribution >= 4 is 50.7 Å². The zero-order valence-corrected chi connectivity index (χ0v) is 20.7. The first-order valence-electron chi connectivity index (χ1n) is 11.9. The van der Waals surface area contributed by atoms with Crippen molar-refractivity contribution in [2.24, 2.45) is 7.05 Å². The fourth-order valence-electron chi connectivity index (χ4n) is 5.21. The van der Waals surface area contributed by atoms with Crippen LogP contribution in [0.5, 0.6) is 0 Å². The van der Waals surface area contributed by atoms with E-state index in [4.69, 9.17) is 5.73 Å². The van der Waals surface area contributed by atoms with Gasteiger partial charge in [-0.25, -0.2) is 9.97 Å². The van der Waals surface area contributed by atoms with Gasteiger partial charge in [0.1, 0.15) is 12.1 Å². The first-order valence-corrected chi connectivity index (χ1v) is 11.9. The minimum atomic E-state index is -0.204. The lowest BCUT2D eigenvalue weighted by Gasteiger charge is -2.32. The lowest BCUT2D eigenvalue weighted by Crippen LogP contribution is -2.32. The van der Waals surface area contributed by atoms with Gasteiger partial charge in [0.2, 0.25) is 5.91 Å². The third-order valence-corrected chi connectivity index (χ3v) is 7.06. The van der Waals surface area contributed by atoms with Crippen molar-refractivity contribution in [3.8, 4) is 11.1 Å². The Morgan fingerprint density at radius 1 is 1.06 bits per heavy atom. The third kappa shape index (κ3) is 3.53. The maximum atomic E-state index is 12.2. The Balaban J connectivity index is 1.43. The van der Waals surface area contributed by atoms with E-state index in [2.05, 4.69) is 76.8 Å². The van der Waals surface area contributed by atoms with Crippen LogP contribution >= 0.6 is 0 Å². The second-order valence-electron chi connectivity index (χ2n) is 10.1. The third-order valence-electron chi connectivity index (χ3n) is 7.06. The predicted molar refractivity (Wildman–Crippen MR) is 144 cm³/mol. The quantitative estimate of drug-likeness (QED) is 0.319. The monoisotopic (exact) mass is 477 g/mol. The van der Waals surface area contributed by atoms with Gasteiger partial charge < -0.3 is 16.4 Å². The van der Waals surface area contributed by atoms with Gasteiger partial charge in [-0.05, 0) is 65.6 Å². The van der Waals surface area contributed by atoms with E-state index >= 15 is 0 Å². The molecule has 0 atom stereocenters. The van der Waals surface area contributed by atoms with Gasteiger partial charge >= 0.3 is 0 Å². The molecule has 180 valence electrons. The summed E-state index contributed by atoms with van der Waals surface area (Å²) >= 11 is 0. The average Bonchev–Trinajstić information content (AvgIpc) is 3.10. The molecule has 0 fully saturated rings. The average molecular weight is 478 g/mol. The molecule has 4 N–H and O–H groups in total. The summed E-state index contributed by atoms with van der Waals surface area (Å²) < 4.78 is 1.80. The summed E-state index contributed by atoms with van der Waals surface area (Å²) in [6.07, 6.45) is 2.04. The molecule has 6 rings (SSSR count). The van der Waals surface area contributed by atoms with Crippen LogP contribution in [0, 0.1) is 6.92 Å². The summed E-state index contributed by atoms with van der Waals surface area (Å²) in [4.78, 5) is 21.3. The van der Waals surface area contributed by atoms with Gasteiger partial charge in [0.05, 0.1) is 11.0 Å². The van der Waals surface area contributed by atoms with Crippen LogP contribution in [0.4, 0.5) is 23.0 Å². The molecule has 8 heteroatoms. The second kappa shape index (κ2) is 7.78. The predicted octanol–water partition coefficient (Wildman–Crippen LogP) is 5.44. The number of nitrogen functional groups attached to an aromatic ring is 1. The van der Waals surface area contributed by atoms with E-state index < -0.39 is 0 Å². The molecule has 5 aromatic rings. The minimum absolute atomic E-state index is 0.0319. The summed E-state index contributed by atoms with van der Waals surface area (Å²) in [6.45, 7) is 6.27. The van der Waals surface area contributed by atoms with Crippen LogP contribution in [0.25, 0.3) is 32.9 Å². The van der Waals surface area contributed by atoms with Gasteiger partial charge in [-0.2, -0.15) is 5.10 Å². The Hall–Kier alpha value is -4.46. The highest BCUT2D eigenvalue weighted by Gasteiger charge is 2.31. The maximum Gasteiger partial charge on any atom is 0.225 e. The molecule has 1 aliphatic rings. The fraction of sp³-hybridized carbons (Fsp3) is 0.214. The van der Waals surface area contributed by atoms with Crippen molar-refractivity contribution in [3.63, 3.8) is 0 Å². The highest BCUT2D eigenvalue weighted by molar-refractivity contribution is 5.99. The summed E-state index contributed by atoms with van der Waals surface area (Å²) in [5.41, 5.74) is 13.7. The number of amides is 1. The zero-order chi connectivity index (χ0) is 25.2. The van der Waals surface area contributed by atoms with Crippen LogP contribution in [0.3, 0.4) is 0 Å². The maximum absolute atomic E-state index is 12.2. The molecule has 0 saturated carbocycles. The number of nitrogens with two attached hydrogens (primary N) is 1. The van der Waals surface area contributed by atoms with Gasteiger partial charge in [0, 0.05) is 41.0 Å². The number of nitrogens with one attached hydrogen (secondary N) is 2. The second-order valence-corrected chi connectivity index (χ2v) is 10.1. The van der Waals surface area contributed by atoms with Crippen LogP contribution in [-0.4, -0.2) is 25.7 Å². The van der Waals surface area contributed by atoms with Gasteiger partial charge in [-0.1, -0.05) is 26.0 Å². The van der Waals surface area contributed by atoms with E-state index in [0.717, 1.165) is 55.4 Å². The number of anilines is 4. The largest absolute Gasteiger partial charge is 0.382 e. The van der Waals surface area contributed by atoms with Gasteiger partial charge in [-0.3, -0.25) is 9.48 Å². The molecule has 8 nitrogen and oxygen atoms in total. The van der Waals surface area contributed by atoms with Gasteiger partial charge in [0.25, 0.3) is 0 Å². The SMILES string of the molecule is Cc1cc2ncnc(Nc3ccc4c(c3)NC(=O)CC4(C)C)c2cc1-c1ccc2c(N)nn(C)c2c1. The molecule has 36 heavy (non-hydrogen) atoms. The van der Waals surface area contributed by atoms with E-state index in [1.807, 2.05) is 25.2 Å². The highest BCUT2D eigenvalue weighted by Crippen LogP contribution is 2.39. The Bertz CT molecular complexity index is 1700. The highest BCUT2D eigenvalue weighted by atomic mass is 16.1. The van der Waals surface area contributed by atoms with Gasteiger partial charge in [-0.15, -0.1) is 0 Å². The van der Waals surface area contributed by atoms with Crippen LogP contribution < -0.4 is 16.4 Å². The Morgan fingerprint density at radius 2 is 1.89 bits per heavy atom. The zero-order valence-electron chi connectivity index (χ0n) is 20.7. The van der Waals surface area contributed by atoms with E-state index in [9.17, 15) is 4.79 Å². The Kier molecular flexibility index (Phi) is 4.76. The smallest absolute Gasteiger partial charge is 0.225 e. The normalized spacial score (nSPS) is 14.6. The summed E-state index contributed by atoms with van der Waals surface area (Å²) in [5.74, 6) is 1.26. The van der Waals surface area contributed by atoms with Crippen molar-refractivity contribution in [1.29, 1.82) is 0 Å². The standard InChI is InChI=1S/C28H27N7O/c1-15-9-22-20(12-19(15)16-5-7-18-24(10-16)35(4)34-26(18)29)27(31-14-30-22)32-17-6-8-21-23(11-17)33-25(36)13-28(21,2)3/h5-12,14H,13H2,1-4H3,(H2,29,34)(H,33,36)(H,30,31,32). The number of fused-ring (bicyclic) bond motifs is 3. The van der Waals surface area contributed by atoms with E-state index in [0.29, 0.717) is 18.1 Å². The van der Waals surface area contributed by atoms with Crippen molar-refractivity contribution in [2.45, 2.75) is 32.6 Å². The van der Waals surface area contributed by atoms with Gasteiger partial charge in [0.15, 0.2) is 5.82 Å².